The maximum absolute atomic E-state index is 6.08. The van der Waals surface area contributed by atoms with Gasteiger partial charge in [0.05, 0.1) is 5.52 Å². The van der Waals surface area contributed by atoms with Crippen molar-refractivity contribution in [3.8, 4) is 0 Å². The standard InChI is InChI=1S/C16H21ClN2/c1-3-5-10-19(4-2)16-11-13(12-17)14-8-6-7-9-15(14)18-16/h6-9,11H,3-5,10,12H2,1-2H3. The topological polar surface area (TPSA) is 16.1 Å². The van der Waals surface area contributed by atoms with Crippen molar-refractivity contribution in [2.75, 3.05) is 18.0 Å². The van der Waals surface area contributed by atoms with E-state index in [1.54, 1.807) is 0 Å². The number of nitrogens with zero attached hydrogens (tertiary/aromatic N) is 2. The monoisotopic (exact) mass is 276 g/mol. The first-order chi connectivity index (χ1) is 9.30. The van der Waals surface area contributed by atoms with Gasteiger partial charge in [0.2, 0.25) is 0 Å². The van der Waals surface area contributed by atoms with Gasteiger partial charge in [-0.25, -0.2) is 4.98 Å². The third-order valence-electron chi connectivity index (χ3n) is 3.42. The highest BCUT2D eigenvalue weighted by atomic mass is 35.5. The maximum Gasteiger partial charge on any atom is 0.129 e. The van der Waals surface area contributed by atoms with Crippen LogP contribution in [0.1, 0.15) is 32.3 Å². The van der Waals surface area contributed by atoms with Crippen LogP contribution in [-0.4, -0.2) is 18.1 Å². The highest BCUT2D eigenvalue weighted by Crippen LogP contribution is 2.24. The highest BCUT2D eigenvalue weighted by Gasteiger charge is 2.09. The average Bonchev–Trinajstić information content (AvgIpc) is 2.47. The molecular weight excluding hydrogens is 256 g/mol. The number of halogens is 1. The molecule has 0 amide bonds. The van der Waals surface area contributed by atoms with Crippen LogP contribution in [0.4, 0.5) is 5.82 Å². The lowest BCUT2D eigenvalue weighted by atomic mass is 10.1. The van der Waals surface area contributed by atoms with E-state index in [0.717, 1.165) is 35.4 Å². The van der Waals surface area contributed by atoms with Gasteiger partial charge in [0.15, 0.2) is 0 Å². The van der Waals surface area contributed by atoms with Crippen molar-refractivity contribution in [3.05, 3.63) is 35.9 Å². The van der Waals surface area contributed by atoms with E-state index in [9.17, 15) is 0 Å². The summed E-state index contributed by atoms with van der Waals surface area (Å²) in [6, 6.07) is 10.3. The molecule has 2 aromatic rings. The minimum atomic E-state index is 0.529. The van der Waals surface area contributed by atoms with Crippen LogP contribution in [-0.2, 0) is 5.88 Å². The lowest BCUT2D eigenvalue weighted by Gasteiger charge is -2.23. The van der Waals surface area contributed by atoms with E-state index in [1.165, 1.54) is 12.8 Å². The summed E-state index contributed by atoms with van der Waals surface area (Å²) in [5.41, 5.74) is 2.20. The SMILES string of the molecule is CCCCN(CC)c1cc(CCl)c2ccccc2n1. The molecule has 1 aromatic heterocycles. The predicted octanol–water partition coefficient (Wildman–Crippen LogP) is 4.60. The number of benzene rings is 1. The van der Waals surface area contributed by atoms with Gasteiger partial charge in [-0.3, -0.25) is 0 Å². The quantitative estimate of drug-likeness (QED) is 0.717. The molecule has 102 valence electrons. The molecule has 2 rings (SSSR count). The first kappa shape index (κ1) is 14.1. The third-order valence-corrected chi connectivity index (χ3v) is 3.71. The molecule has 0 fully saturated rings. The van der Waals surface area contributed by atoms with Crippen molar-refractivity contribution >= 4 is 28.3 Å². The molecule has 0 N–H and O–H groups in total. The molecule has 0 radical (unpaired) electrons. The second-order valence-electron chi connectivity index (χ2n) is 4.72. The normalized spacial score (nSPS) is 10.9. The Kier molecular flexibility index (Phi) is 5.03. The van der Waals surface area contributed by atoms with Crippen LogP contribution >= 0.6 is 11.6 Å². The molecule has 0 aliphatic heterocycles. The molecule has 0 spiro atoms. The fourth-order valence-electron chi connectivity index (χ4n) is 2.29. The third kappa shape index (κ3) is 3.19. The Labute approximate surface area is 120 Å². The van der Waals surface area contributed by atoms with Crippen molar-refractivity contribution in [1.29, 1.82) is 0 Å². The minimum absolute atomic E-state index is 0.529. The van der Waals surface area contributed by atoms with Gasteiger partial charge in [0.25, 0.3) is 0 Å². The van der Waals surface area contributed by atoms with E-state index < -0.39 is 0 Å². The lowest BCUT2D eigenvalue weighted by Crippen LogP contribution is -2.25. The molecule has 1 aromatic carbocycles. The molecule has 0 saturated carbocycles. The van der Waals surface area contributed by atoms with Crippen molar-refractivity contribution < 1.29 is 0 Å². The number of aromatic nitrogens is 1. The Morgan fingerprint density at radius 2 is 2.00 bits per heavy atom. The van der Waals surface area contributed by atoms with E-state index in [2.05, 4.69) is 36.9 Å². The van der Waals surface area contributed by atoms with Crippen LogP contribution in [0.5, 0.6) is 0 Å². The van der Waals surface area contributed by atoms with Gasteiger partial charge in [0.1, 0.15) is 5.82 Å². The summed E-state index contributed by atoms with van der Waals surface area (Å²) in [6.07, 6.45) is 2.39. The Hall–Kier alpha value is -1.28. The van der Waals surface area contributed by atoms with Crippen molar-refractivity contribution in [1.82, 2.24) is 4.98 Å². The van der Waals surface area contributed by atoms with Gasteiger partial charge in [-0.2, -0.15) is 0 Å². The molecule has 0 atom stereocenters. The van der Waals surface area contributed by atoms with Crippen molar-refractivity contribution in [2.45, 2.75) is 32.6 Å². The number of fused-ring (bicyclic) bond motifs is 1. The van der Waals surface area contributed by atoms with Crippen LogP contribution in [0.2, 0.25) is 0 Å². The molecule has 2 nitrogen and oxygen atoms in total. The summed E-state index contributed by atoms with van der Waals surface area (Å²) in [7, 11) is 0. The Bertz CT molecular complexity index is 539. The van der Waals surface area contributed by atoms with E-state index in [-0.39, 0.29) is 0 Å². The number of anilines is 1. The molecule has 3 heteroatoms. The Morgan fingerprint density at radius 3 is 2.68 bits per heavy atom. The first-order valence-corrected chi connectivity index (χ1v) is 7.53. The highest BCUT2D eigenvalue weighted by molar-refractivity contribution is 6.18. The predicted molar refractivity (Wildman–Crippen MR) is 84.1 cm³/mol. The summed E-state index contributed by atoms with van der Waals surface area (Å²) in [5, 5.41) is 1.16. The van der Waals surface area contributed by atoms with E-state index >= 15 is 0 Å². The second-order valence-corrected chi connectivity index (χ2v) is 4.99. The smallest absolute Gasteiger partial charge is 0.129 e. The number of rotatable bonds is 6. The van der Waals surface area contributed by atoms with Crippen LogP contribution in [0.25, 0.3) is 10.9 Å². The van der Waals surface area contributed by atoms with E-state index in [0.29, 0.717) is 5.88 Å². The van der Waals surface area contributed by atoms with Gasteiger partial charge in [0, 0.05) is 24.4 Å². The minimum Gasteiger partial charge on any atom is -0.357 e. The van der Waals surface area contributed by atoms with Gasteiger partial charge < -0.3 is 4.90 Å². The van der Waals surface area contributed by atoms with Gasteiger partial charge in [-0.1, -0.05) is 31.5 Å². The molecule has 0 unspecified atom stereocenters. The van der Waals surface area contributed by atoms with E-state index in [1.807, 2.05) is 12.1 Å². The molecule has 0 bridgehead atoms. The fraction of sp³-hybridized carbons (Fsp3) is 0.438. The number of unbranched alkanes of at least 4 members (excludes halogenated alkanes) is 1. The van der Waals surface area contributed by atoms with Crippen LogP contribution in [0, 0.1) is 0 Å². The fourth-order valence-corrected chi connectivity index (χ4v) is 2.51. The van der Waals surface area contributed by atoms with Gasteiger partial charge >= 0.3 is 0 Å². The van der Waals surface area contributed by atoms with Crippen molar-refractivity contribution in [3.63, 3.8) is 0 Å². The number of alkyl halides is 1. The van der Waals surface area contributed by atoms with Crippen LogP contribution < -0.4 is 4.90 Å². The molecule has 0 aliphatic carbocycles. The van der Waals surface area contributed by atoms with Crippen LogP contribution in [0.3, 0.4) is 0 Å². The summed E-state index contributed by atoms with van der Waals surface area (Å²) >= 11 is 6.08. The number of hydrogen-bond acceptors (Lipinski definition) is 2. The van der Waals surface area contributed by atoms with Crippen LogP contribution in [0.15, 0.2) is 30.3 Å². The van der Waals surface area contributed by atoms with Gasteiger partial charge in [-0.15, -0.1) is 11.6 Å². The zero-order valence-electron chi connectivity index (χ0n) is 11.7. The Morgan fingerprint density at radius 1 is 1.21 bits per heavy atom. The lowest BCUT2D eigenvalue weighted by molar-refractivity contribution is 0.725. The summed E-state index contributed by atoms with van der Waals surface area (Å²) in [4.78, 5) is 7.10. The molecule has 19 heavy (non-hydrogen) atoms. The Balaban J connectivity index is 2.42. The number of para-hydroxylation sites is 1. The molecular formula is C16H21ClN2. The maximum atomic E-state index is 6.08. The second kappa shape index (κ2) is 6.76. The zero-order chi connectivity index (χ0) is 13.7. The molecule has 0 aliphatic rings. The zero-order valence-corrected chi connectivity index (χ0v) is 12.5. The number of hydrogen-bond donors (Lipinski definition) is 0. The summed E-state index contributed by atoms with van der Waals surface area (Å²) in [6.45, 7) is 6.42. The largest absolute Gasteiger partial charge is 0.357 e. The van der Waals surface area contributed by atoms with Gasteiger partial charge in [-0.05, 0) is 31.0 Å². The number of pyridine rings is 1. The average molecular weight is 277 g/mol. The molecule has 0 saturated heterocycles. The van der Waals surface area contributed by atoms with Crippen molar-refractivity contribution in [2.24, 2.45) is 0 Å². The summed E-state index contributed by atoms with van der Waals surface area (Å²) in [5.74, 6) is 1.58. The molecule has 1 heterocycles. The first-order valence-electron chi connectivity index (χ1n) is 6.99. The van der Waals surface area contributed by atoms with E-state index in [4.69, 9.17) is 16.6 Å². The summed E-state index contributed by atoms with van der Waals surface area (Å²) < 4.78 is 0.